The zero-order chi connectivity index (χ0) is 8.48. The molecule has 0 aromatic rings. The Balaban J connectivity index is 3.07. The van der Waals surface area contributed by atoms with Crippen LogP contribution in [0.5, 0.6) is 0 Å². The number of nitrogens with zero attached hydrogens (tertiary/aromatic N) is 1. The summed E-state index contributed by atoms with van der Waals surface area (Å²) in [6, 6.07) is 0. The van der Waals surface area contributed by atoms with E-state index in [1.165, 1.54) is 6.20 Å². The lowest BCUT2D eigenvalue weighted by atomic mass is 10.8. The van der Waals surface area contributed by atoms with Crippen LogP contribution in [0.25, 0.3) is 0 Å². The summed E-state index contributed by atoms with van der Waals surface area (Å²) in [7, 11) is -3.45. The first-order valence-corrected chi connectivity index (χ1v) is 4.59. The Hall–Kier alpha value is -1.04. The van der Waals surface area contributed by atoms with Crippen LogP contribution in [0.15, 0.2) is 16.2 Å². The van der Waals surface area contributed by atoms with Crippen molar-refractivity contribution in [3.8, 4) is 0 Å². The van der Waals surface area contributed by atoms with Crippen LogP contribution >= 0.6 is 0 Å². The minimum absolute atomic E-state index is 0.0579. The van der Waals surface area contributed by atoms with Crippen LogP contribution in [-0.4, -0.2) is 20.1 Å². The first-order chi connectivity index (χ1) is 5.09. The topological polar surface area (TPSA) is 84.5 Å². The SMILES string of the molecule is CCN=C1NC=C(N)S1(=O)=O. The van der Waals surface area contributed by atoms with Gasteiger partial charge in [0.25, 0.3) is 9.84 Å². The van der Waals surface area contributed by atoms with Crippen molar-refractivity contribution in [2.24, 2.45) is 10.7 Å². The Morgan fingerprint density at radius 3 is 2.73 bits per heavy atom. The van der Waals surface area contributed by atoms with Crippen molar-refractivity contribution >= 4 is 15.0 Å². The van der Waals surface area contributed by atoms with Gasteiger partial charge < -0.3 is 11.1 Å². The van der Waals surface area contributed by atoms with Crippen LogP contribution in [0, 0.1) is 0 Å². The molecule has 1 rings (SSSR count). The number of nitrogens with two attached hydrogens (primary N) is 1. The van der Waals surface area contributed by atoms with Crippen molar-refractivity contribution in [3.63, 3.8) is 0 Å². The number of hydrogen-bond donors (Lipinski definition) is 2. The lowest BCUT2D eigenvalue weighted by Crippen LogP contribution is -2.22. The molecule has 11 heavy (non-hydrogen) atoms. The number of hydrogen-bond acceptors (Lipinski definition) is 4. The molecule has 1 heterocycles. The van der Waals surface area contributed by atoms with Gasteiger partial charge in [-0.1, -0.05) is 0 Å². The predicted molar refractivity (Wildman–Crippen MR) is 42.3 cm³/mol. The highest BCUT2D eigenvalue weighted by atomic mass is 32.2. The van der Waals surface area contributed by atoms with Gasteiger partial charge in [-0.05, 0) is 6.92 Å². The highest BCUT2D eigenvalue weighted by Crippen LogP contribution is 2.07. The number of rotatable bonds is 1. The standard InChI is InChI=1S/C5H9N3O2S/c1-2-7-5-8-3-4(6)11(5,9)10/h3H,2,6H2,1H3,(H,7,8). The molecule has 62 valence electrons. The Bertz CT molecular complexity index is 315. The second-order valence-corrected chi connectivity index (χ2v) is 3.84. The molecule has 6 heteroatoms. The van der Waals surface area contributed by atoms with Crippen LogP contribution in [0.4, 0.5) is 0 Å². The van der Waals surface area contributed by atoms with Gasteiger partial charge in [-0.3, -0.25) is 4.99 Å². The summed E-state index contributed by atoms with van der Waals surface area (Å²) in [5, 5.41) is 2.24. The summed E-state index contributed by atoms with van der Waals surface area (Å²) in [4.78, 5) is 3.71. The molecule has 0 saturated heterocycles. The van der Waals surface area contributed by atoms with Gasteiger partial charge in [0.2, 0.25) is 5.17 Å². The molecule has 5 nitrogen and oxygen atoms in total. The van der Waals surface area contributed by atoms with E-state index < -0.39 is 9.84 Å². The minimum Gasteiger partial charge on any atom is -0.388 e. The summed E-state index contributed by atoms with van der Waals surface area (Å²) in [5.41, 5.74) is 5.16. The van der Waals surface area contributed by atoms with E-state index in [4.69, 9.17) is 5.73 Å². The number of aliphatic imine (C=N–C) groups is 1. The largest absolute Gasteiger partial charge is 0.388 e. The Morgan fingerprint density at radius 1 is 1.73 bits per heavy atom. The maximum Gasteiger partial charge on any atom is 0.255 e. The van der Waals surface area contributed by atoms with E-state index >= 15 is 0 Å². The quantitative estimate of drug-likeness (QED) is 0.543. The summed E-state index contributed by atoms with van der Waals surface area (Å²) in [6.45, 7) is 2.17. The average molecular weight is 175 g/mol. The van der Waals surface area contributed by atoms with Crippen molar-refractivity contribution in [2.45, 2.75) is 6.92 Å². The molecular weight excluding hydrogens is 166 g/mol. The number of nitrogens with one attached hydrogen (secondary N) is 1. The molecule has 0 saturated carbocycles. The third-order valence-electron chi connectivity index (χ3n) is 1.20. The van der Waals surface area contributed by atoms with Crippen molar-refractivity contribution in [3.05, 3.63) is 11.2 Å². The molecule has 0 bridgehead atoms. The minimum atomic E-state index is -3.45. The van der Waals surface area contributed by atoms with Gasteiger partial charge in [-0.2, -0.15) is 0 Å². The van der Waals surface area contributed by atoms with E-state index in [1.54, 1.807) is 6.92 Å². The molecule has 1 aliphatic heterocycles. The van der Waals surface area contributed by atoms with Crippen molar-refractivity contribution < 1.29 is 8.42 Å². The van der Waals surface area contributed by atoms with E-state index in [0.29, 0.717) is 6.54 Å². The maximum atomic E-state index is 11.1. The third kappa shape index (κ3) is 1.21. The highest BCUT2D eigenvalue weighted by molar-refractivity contribution is 8.09. The van der Waals surface area contributed by atoms with E-state index in [1.807, 2.05) is 0 Å². The normalized spacial score (nSPS) is 24.8. The van der Waals surface area contributed by atoms with Crippen LogP contribution in [0.2, 0.25) is 0 Å². The van der Waals surface area contributed by atoms with Gasteiger partial charge in [0.15, 0.2) is 0 Å². The molecule has 0 unspecified atom stereocenters. The molecular formula is C5H9N3O2S. The summed E-state index contributed by atoms with van der Waals surface area (Å²) in [6.07, 6.45) is 1.23. The van der Waals surface area contributed by atoms with Crippen LogP contribution in [0.1, 0.15) is 6.92 Å². The number of amidine groups is 1. The summed E-state index contributed by atoms with van der Waals surface area (Å²) >= 11 is 0. The molecule has 0 aliphatic carbocycles. The first-order valence-electron chi connectivity index (χ1n) is 3.10. The second-order valence-electron chi connectivity index (χ2n) is 1.97. The Kier molecular flexibility index (Phi) is 1.86. The molecule has 0 fully saturated rings. The third-order valence-corrected chi connectivity index (χ3v) is 2.70. The van der Waals surface area contributed by atoms with Gasteiger partial charge in [-0.15, -0.1) is 0 Å². The maximum absolute atomic E-state index is 11.1. The van der Waals surface area contributed by atoms with Gasteiger partial charge in [0.1, 0.15) is 5.03 Å². The highest BCUT2D eigenvalue weighted by Gasteiger charge is 2.27. The van der Waals surface area contributed by atoms with Gasteiger partial charge >= 0.3 is 0 Å². The van der Waals surface area contributed by atoms with E-state index in [9.17, 15) is 8.42 Å². The Labute approximate surface area is 64.9 Å². The van der Waals surface area contributed by atoms with Crippen LogP contribution in [-0.2, 0) is 9.84 Å². The lowest BCUT2D eigenvalue weighted by Gasteiger charge is -1.95. The lowest BCUT2D eigenvalue weighted by molar-refractivity contribution is 0.612. The zero-order valence-corrected chi connectivity index (χ0v) is 6.85. The summed E-state index contributed by atoms with van der Waals surface area (Å²) < 4.78 is 22.2. The molecule has 0 atom stereocenters. The van der Waals surface area contributed by atoms with Crippen LogP contribution in [0.3, 0.4) is 0 Å². The fourth-order valence-electron chi connectivity index (χ4n) is 0.674. The van der Waals surface area contributed by atoms with Crippen molar-refractivity contribution in [1.29, 1.82) is 0 Å². The second kappa shape index (κ2) is 2.54. The van der Waals surface area contributed by atoms with Crippen molar-refractivity contribution in [2.75, 3.05) is 6.54 Å². The first kappa shape index (κ1) is 8.06. The summed E-state index contributed by atoms with van der Waals surface area (Å²) in [5.74, 6) is 0. The van der Waals surface area contributed by atoms with Gasteiger partial charge in [-0.25, -0.2) is 8.42 Å². The fourth-order valence-corrected chi connectivity index (χ4v) is 1.62. The predicted octanol–water partition coefficient (Wildman–Crippen LogP) is -0.862. The van der Waals surface area contributed by atoms with Crippen molar-refractivity contribution in [1.82, 2.24) is 5.32 Å². The molecule has 0 aromatic carbocycles. The monoisotopic (exact) mass is 175 g/mol. The van der Waals surface area contributed by atoms with Gasteiger partial charge in [0, 0.05) is 12.7 Å². The van der Waals surface area contributed by atoms with Crippen LogP contribution < -0.4 is 11.1 Å². The van der Waals surface area contributed by atoms with Gasteiger partial charge in [0.05, 0.1) is 0 Å². The van der Waals surface area contributed by atoms with E-state index in [0.717, 1.165) is 0 Å². The molecule has 0 amide bonds. The number of sulfone groups is 1. The van der Waals surface area contributed by atoms with E-state index in [-0.39, 0.29) is 10.2 Å². The molecule has 0 spiro atoms. The molecule has 3 N–H and O–H groups in total. The molecule has 0 radical (unpaired) electrons. The molecule has 0 aromatic heterocycles. The smallest absolute Gasteiger partial charge is 0.255 e. The zero-order valence-electron chi connectivity index (χ0n) is 6.03. The average Bonchev–Trinajstić information content (AvgIpc) is 2.16. The molecule has 1 aliphatic rings. The van der Waals surface area contributed by atoms with E-state index in [2.05, 4.69) is 10.3 Å². The Morgan fingerprint density at radius 2 is 2.36 bits per heavy atom. The fraction of sp³-hybridized carbons (Fsp3) is 0.400.